The van der Waals surface area contributed by atoms with Gasteiger partial charge in [-0.3, -0.25) is 0 Å². The molecule has 0 saturated heterocycles. The quantitative estimate of drug-likeness (QED) is 0.610. The molecule has 1 aromatic carbocycles. The van der Waals surface area contributed by atoms with Crippen LogP contribution in [0.2, 0.25) is 10.0 Å². The van der Waals surface area contributed by atoms with Crippen LogP contribution < -0.4 is 0 Å². The summed E-state index contributed by atoms with van der Waals surface area (Å²) in [4.78, 5) is 0. The van der Waals surface area contributed by atoms with E-state index in [1.165, 1.54) is 0 Å². The van der Waals surface area contributed by atoms with Gasteiger partial charge in [0.1, 0.15) is 6.07 Å². The standard InChI is InChI=1S/C8H5Cl2N/c1-5-6(4-11)8(10)3-2-7(5)9/h2-3H,1H3. The Morgan fingerprint density at radius 2 is 1.82 bits per heavy atom. The van der Waals surface area contributed by atoms with Crippen molar-refractivity contribution >= 4 is 23.2 Å². The van der Waals surface area contributed by atoms with E-state index in [-0.39, 0.29) is 0 Å². The van der Waals surface area contributed by atoms with Gasteiger partial charge in [-0.05, 0) is 24.6 Å². The Balaban J connectivity index is 3.44. The highest BCUT2D eigenvalue weighted by molar-refractivity contribution is 6.34. The number of nitrogens with zero attached hydrogens (tertiary/aromatic N) is 1. The maximum atomic E-state index is 8.63. The van der Waals surface area contributed by atoms with Gasteiger partial charge in [0.05, 0.1) is 10.6 Å². The molecule has 0 N–H and O–H groups in total. The summed E-state index contributed by atoms with van der Waals surface area (Å²) in [6.45, 7) is 1.77. The van der Waals surface area contributed by atoms with E-state index in [1.807, 2.05) is 6.07 Å². The van der Waals surface area contributed by atoms with E-state index in [9.17, 15) is 0 Å². The van der Waals surface area contributed by atoms with E-state index in [1.54, 1.807) is 19.1 Å². The lowest BCUT2D eigenvalue weighted by Crippen LogP contribution is -1.84. The summed E-state index contributed by atoms with van der Waals surface area (Å²) >= 11 is 11.5. The van der Waals surface area contributed by atoms with Crippen molar-refractivity contribution in [1.29, 1.82) is 5.26 Å². The van der Waals surface area contributed by atoms with Gasteiger partial charge in [-0.25, -0.2) is 0 Å². The summed E-state index contributed by atoms with van der Waals surface area (Å²) in [5.74, 6) is 0. The summed E-state index contributed by atoms with van der Waals surface area (Å²) < 4.78 is 0. The van der Waals surface area contributed by atoms with Crippen molar-refractivity contribution in [3.63, 3.8) is 0 Å². The first-order chi connectivity index (χ1) is 5.16. The van der Waals surface area contributed by atoms with E-state index in [2.05, 4.69) is 0 Å². The lowest BCUT2D eigenvalue weighted by atomic mass is 10.1. The van der Waals surface area contributed by atoms with E-state index < -0.39 is 0 Å². The number of rotatable bonds is 0. The molecular formula is C8H5Cl2N. The fourth-order valence-corrected chi connectivity index (χ4v) is 1.19. The van der Waals surface area contributed by atoms with Crippen LogP contribution in [-0.4, -0.2) is 0 Å². The minimum Gasteiger partial charge on any atom is -0.192 e. The highest BCUT2D eigenvalue weighted by atomic mass is 35.5. The number of halogens is 2. The topological polar surface area (TPSA) is 23.8 Å². The summed E-state index contributed by atoms with van der Waals surface area (Å²) in [7, 11) is 0. The molecule has 0 unspecified atom stereocenters. The minimum absolute atomic E-state index is 0.453. The van der Waals surface area contributed by atoms with Crippen LogP contribution in [0, 0.1) is 18.3 Å². The molecule has 0 aliphatic heterocycles. The summed E-state index contributed by atoms with van der Waals surface area (Å²) in [5.41, 5.74) is 1.20. The van der Waals surface area contributed by atoms with Crippen LogP contribution in [0.4, 0.5) is 0 Å². The molecule has 0 amide bonds. The second-order valence-electron chi connectivity index (χ2n) is 2.14. The van der Waals surface area contributed by atoms with Crippen LogP contribution in [0.1, 0.15) is 11.1 Å². The summed E-state index contributed by atoms with van der Waals surface area (Å²) in [6, 6.07) is 5.29. The van der Waals surface area contributed by atoms with Gasteiger partial charge in [-0.2, -0.15) is 5.26 Å². The van der Waals surface area contributed by atoms with E-state index in [4.69, 9.17) is 28.5 Å². The van der Waals surface area contributed by atoms with E-state index in [0.717, 1.165) is 5.56 Å². The van der Waals surface area contributed by atoms with Crippen LogP contribution >= 0.6 is 23.2 Å². The van der Waals surface area contributed by atoms with Gasteiger partial charge in [-0.15, -0.1) is 0 Å². The highest BCUT2D eigenvalue weighted by Gasteiger charge is 2.05. The Bertz CT molecular complexity index is 326. The first kappa shape index (κ1) is 8.39. The van der Waals surface area contributed by atoms with Gasteiger partial charge in [0.2, 0.25) is 0 Å². The zero-order valence-electron chi connectivity index (χ0n) is 5.86. The van der Waals surface area contributed by atoms with Crippen LogP contribution in [0.5, 0.6) is 0 Å². The first-order valence-electron chi connectivity index (χ1n) is 3.01. The largest absolute Gasteiger partial charge is 0.192 e. The third-order valence-electron chi connectivity index (χ3n) is 1.46. The van der Waals surface area contributed by atoms with Crippen molar-refractivity contribution in [2.24, 2.45) is 0 Å². The monoisotopic (exact) mass is 185 g/mol. The molecule has 0 atom stereocenters. The second kappa shape index (κ2) is 3.13. The predicted octanol–water partition coefficient (Wildman–Crippen LogP) is 3.17. The molecule has 1 aromatic rings. The molecule has 1 nitrogen and oxygen atoms in total. The number of benzene rings is 1. The second-order valence-corrected chi connectivity index (χ2v) is 2.96. The predicted molar refractivity (Wildman–Crippen MR) is 45.9 cm³/mol. The van der Waals surface area contributed by atoms with Gasteiger partial charge in [0, 0.05) is 5.02 Å². The van der Waals surface area contributed by atoms with Gasteiger partial charge >= 0.3 is 0 Å². The molecule has 0 bridgehead atoms. The Kier molecular flexibility index (Phi) is 2.38. The summed E-state index contributed by atoms with van der Waals surface area (Å²) in [6.07, 6.45) is 0. The van der Waals surface area contributed by atoms with E-state index in [0.29, 0.717) is 15.6 Å². The molecule has 0 saturated carbocycles. The van der Waals surface area contributed by atoms with Crippen LogP contribution in [0.25, 0.3) is 0 Å². The molecule has 0 aliphatic rings. The Labute approximate surface area is 75.2 Å². The summed E-state index contributed by atoms with van der Waals surface area (Å²) in [5, 5.41) is 9.66. The lowest BCUT2D eigenvalue weighted by Gasteiger charge is -2.00. The molecule has 0 aromatic heterocycles. The van der Waals surface area contributed by atoms with Gasteiger partial charge in [0.15, 0.2) is 0 Å². The average Bonchev–Trinajstić information content (AvgIpc) is 1.99. The molecule has 1 rings (SSSR count). The molecule has 0 spiro atoms. The zero-order chi connectivity index (χ0) is 8.43. The molecule has 11 heavy (non-hydrogen) atoms. The van der Waals surface area contributed by atoms with Crippen LogP contribution in [0.15, 0.2) is 12.1 Å². The van der Waals surface area contributed by atoms with Gasteiger partial charge < -0.3 is 0 Å². The van der Waals surface area contributed by atoms with Crippen LogP contribution in [-0.2, 0) is 0 Å². The maximum absolute atomic E-state index is 8.63. The maximum Gasteiger partial charge on any atom is 0.101 e. The average molecular weight is 186 g/mol. The molecule has 0 fully saturated rings. The molecule has 0 aliphatic carbocycles. The fraction of sp³-hybridized carbons (Fsp3) is 0.125. The third kappa shape index (κ3) is 1.48. The van der Waals surface area contributed by atoms with Gasteiger partial charge in [0.25, 0.3) is 0 Å². The first-order valence-corrected chi connectivity index (χ1v) is 3.77. The molecule has 0 radical (unpaired) electrons. The van der Waals surface area contributed by atoms with Crippen molar-refractivity contribution in [2.45, 2.75) is 6.92 Å². The number of hydrogen-bond donors (Lipinski definition) is 0. The van der Waals surface area contributed by atoms with Crippen molar-refractivity contribution < 1.29 is 0 Å². The molecule has 3 heteroatoms. The van der Waals surface area contributed by atoms with Gasteiger partial charge in [-0.1, -0.05) is 23.2 Å². The Morgan fingerprint density at radius 3 is 2.27 bits per heavy atom. The van der Waals surface area contributed by atoms with Crippen molar-refractivity contribution in [2.75, 3.05) is 0 Å². The Morgan fingerprint density at radius 1 is 1.27 bits per heavy atom. The molecular weight excluding hydrogens is 181 g/mol. The molecule has 56 valence electrons. The van der Waals surface area contributed by atoms with Crippen molar-refractivity contribution in [3.05, 3.63) is 33.3 Å². The molecule has 0 heterocycles. The number of hydrogen-bond acceptors (Lipinski definition) is 1. The minimum atomic E-state index is 0.453. The number of nitriles is 1. The zero-order valence-corrected chi connectivity index (χ0v) is 7.37. The fourth-order valence-electron chi connectivity index (χ4n) is 0.790. The third-order valence-corrected chi connectivity index (χ3v) is 2.18. The SMILES string of the molecule is Cc1c(Cl)ccc(Cl)c1C#N. The van der Waals surface area contributed by atoms with Crippen molar-refractivity contribution in [3.8, 4) is 6.07 Å². The van der Waals surface area contributed by atoms with Crippen molar-refractivity contribution in [1.82, 2.24) is 0 Å². The smallest absolute Gasteiger partial charge is 0.101 e. The highest BCUT2D eigenvalue weighted by Crippen LogP contribution is 2.24. The Hall–Kier alpha value is -0.710. The normalized spacial score (nSPS) is 9.27. The van der Waals surface area contributed by atoms with E-state index >= 15 is 0 Å². The lowest BCUT2D eigenvalue weighted by molar-refractivity contribution is 1.39. The van der Waals surface area contributed by atoms with Crippen LogP contribution in [0.3, 0.4) is 0 Å².